The molecular formula is C17H20IN2. The van der Waals surface area contributed by atoms with Crippen LogP contribution in [0.15, 0.2) is 30.3 Å². The molecule has 1 radical (unpaired) electrons. The summed E-state index contributed by atoms with van der Waals surface area (Å²) in [6, 6.07) is 10.5. The fourth-order valence-electron chi connectivity index (χ4n) is 2.91. The molecule has 3 heteroatoms. The summed E-state index contributed by atoms with van der Waals surface area (Å²) in [7, 11) is 0. The Morgan fingerprint density at radius 3 is 2.60 bits per heavy atom. The van der Waals surface area contributed by atoms with E-state index < -0.39 is 0 Å². The molecule has 1 aromatic heterocycles. The minimum absolute atomic E-state index is 0.790. The van der Waals surface area contributed by atoms with Crippen molar-refractivity contribution >= 4 is 22.6 Å². The molecule has 20 heavy (non-hydrogen) atoms. The van der Waals surface area contributed by atoms with E-state index in [1.165, 1.54) is 40.5 Å². The van der Waals surface area contributed by atoms with Gasteiger partial charge in [0.15, 0.2) is 0 Å². The lowest BCUT2D eigenvalue weighted by Crippen LogP contribution is -2.16. The average Bonchev–Trinajstić information content (AvgIpc) is 2.78. The summed E-state index contributed by atoms with van der Waals surface area (Å²) in [5, 5.41) is 4.87. The van der Waals surface area contributed by atoms with Crippen molar-refractivity contribution in [3.63, 3.8) is 0 Å². The minimum Gasteiger partial charge on any atom is -0.268 e. The van der Waals surface area contributed by atoms with Gasteiger partial charge in [-0.3, -0.25) is 4.68 Å². The van der Waals surface area contributed by atoms with Crippen LogP contribution in [0.2, 0.25) is 0 Å². The van der Waals surface area contributed by atoms with E-state index in [2.05, 4.69) is 70.9 Å². The van der Waals surface area contributed by atoms with Crippen molar-refractivity contribution in [2.75, 3.05) is 0 Å². The van der Waals surface area contributed by atoms with E-state index >= 15 is 0 Å². The topological polar surface area (TPSA) is 17.8 Å². The first-order chi connectivity index (χ1) is 9.75. The van der Waals surface area contributed by atoms with Crippen molar-refractivity contribution in [2.24, 2.45) is 5.92 Å². The van der Waals surface area contributed by atoms with Crippen LogP contribution in [0.3, 0.4) is 0 Å². The molecule has 1 aromatic carbocycles. The number of nitrogens with zero attached hydrogens (tertiary/aromatic N) is 2. The molecule has 0 spiro atoms. The molecule has 2 aromatic rings. The molecule has 0 saturated heterocycles. The van der Waals surface area contributed by atoms with E-state index in [0.717, 1.165) is 18.2 Å². The van der Waals surface area contributed by atoms with Gasteiger partial charge in [0.2, 0.25) is 0 Å². The molecule has 1 fully saturated rings. The first-order valence-electron chi connectivity index (χ1n) is 7.35. The third-order valence-electron chi connectivity index (χ3n) is 4.17. The molecule has 1 aliphatic rings. The summed E-state index contributed by atoms with van der Waals surface area (Å²) in [6.45, 7) is 3.26. The predicted molar refractivity (Wildman–Crippen MR) is 91.4 cm³/mol. The number of halogens is 1. The van der Waals surface area contributed by atoms with Gasteiger partial charge in [0, 0.05) is 17.8 Å². The number of hydrogen-bond donors (Lipinski definition) is 0. The molecular weight excluding hydrogens is 359 g/mol. The maximum absolute atomic E-state index is 4.87. The van der Waals surface area contributed by atoms with Crippen molar-refractivity contribution in [1.29, 1.82) is 0 Å². The molecule has 105 valence electrons. The third kappa shape index (κ3) is 2.92. The van der Waals surface area contributed by atoms with Crippen molar-refractivity contribution in [1.82, 2.24) is 9.78 Å². The quantitative estimate of drug-likeness (QED) is 0.697. The Kier molecular flexibility index (Phi) is 4.44. The van der Waals surface area contributed by atoms with Crippen LogP contribution in [-0.2, 0) is 6.54 Å². The Bertz CT molecular complexity index is 568. The summed E-state index contributed by atoms with van der Waals surface area (Å²) in [4.78, 5) is 0. The highest BCUT2D eigenvalue weighted by molar-refractivity contribution is 14.1. The molecule has 0 aliphatic heterocycles. The summed E-state index contributed by atoms with van der Waals surface area (Å²) in [6.07, 6.45) is 7.60. The van der Waals surface area contributed by atoms with Crippen LogP contribution in [0.1, 0.15) is 31.4 Å². The van der Waals surface area contributed by atoms with Crippen LogP contribution in [-0.4, -0.2) is 9.78 Å². The molecule has 0 unspecified atom stereocenters. The summed E-state index contributed by atoms with van der Waals surface area (Å²) in [5.41, 5.74) is 3.65. The van der Waals surface area contributed by atoms with Gasteiger partial charge < -0.3 is 0 Å². The monoisotopic (exact) mass is 379 g/mol. The van der Waals surface area contributed by atoms with Crippen molar-refractivity contribution in [3.8, 4) is 11.3 Å². The van der Waals surface area contributed by atoms with E-state index in [1.54, 1.807) is 0 Å². The van der Waals surface area contributed by atoms with Crippen LogP contribution in [0.4, 0.5) is 0 Å². The smallest absolute Gasteiger partial charge is 0.106 e. The zero-order valence-electron chi connectivity index (χ0n) is 11.8. The second kappa shape index (κ2) is 6.29. The normalized spacial score (nSPS) is 16.5. The number of rotatable bonds is 3. The highest BCUT2D eigenvalue weighted by Crippen LogP contribution is 2.29. The van der Waals surface area contributed by atoms with E-state index in [0.29, 0.717) is 0 Å². The number of benzene rings is 1. The lowest BCUT2D eigenvalue weighted by atomic mass is 9.89. The van der Waals surface area contributed by atoms with E-state index in [-0.39, 0.29) is 0 Å². The van der Waals surface area contributed by atoms with Gasteiger partial charge in [0.1, 0.15) is 5.69 Å². The van der Waals surface area contributed by atoms with Crippen molar-refractivity contribution in [3.05, 3.63) is 46.0 Å². The first-order valence-corrected chi connectivity index (χ1v) is 8.43. The maximum atomic E-state index is 4.87. The zero-order chi connectivity index (χ0) is 13.9. The molecule has 0 bridgehead atoms. The molecule has 1 aliphatic carbocycles. The lowest BCUT2D eigenvalue weighted by Gasteiger charge is -2.21. The van der Waals surface area contributed by atoms with Gasteiger partial charge in [0.05, 0.1) is 3.57 Å². The van der Waals surface area contributed by atoms with Crippen LogP contribution in [0.25, 0.3) is 11.3 Å². The van der Waals surface area contributed by atoms with Crippen LogP contribution in [0.5, 0.6) is 0 Å². The zero-order valence-corrected chi connectivity index (χ0v) is 14.0. The van der Waals surface area contributed by atoms with Gasteiger partial charge in [-0.15, -0.1) is 0 Å². The van der Waals surface area contributed by atoms with Crippen LogP contribution < -0.4 is 0 Å². The Balaban J connectivity index is 1.85. The molecule has 0 atom stereocenters. The number of hydrogen-bond acceptors (Lipinski definition) is 1. The van der Waals surface area contributed by atoms with Crippen LogP contribution in [0, 0.1) is 22.8 Å². The fourth-order valence-corrected chi connectivity index (χ4v) is 3.60. The van der Waals surface area contributed by atoms with Crippen molar-refractivity contribution < 1.29 is 0 Å². The Hall–Kier alpha value is -0.840. The van der Waals surface area contributed by atoms with E-state index in [9.17, 15) is 0 Å². The van der Waals surface area contributed by atoms with Gasteiger partial charge in [-0.05, 0) is 67.5 Å². The SMILES string of the molecule is Cc1c(I)c(-c2ccccc2)nn1CC1CC[CH]CC1. The summed E-state index contributed by atoms with van der Waals surface area (Å²) >= 11 is 2.43. The van der Waals surface area contributed by atoms with E-state index in [1.807, 2.05) is 0 Å². The molecule has 0 N–H and O–H groups in total. The molecule has 2 nitrogen and oxygen atoms in total. The molecule has 0 amide bonds. The average molecular weight is 379 g/mol. The van der Waals surface area contributed by atoms with E-state index in [4.69, 9.17) is 5.10 Å². The number of aromatic nitrogens is 2. The Morgan fingerprint density at radius 1 is 1.20 bits per heavy atom. The van der Waals surface area contributed by atoms with Gasteiger partial charge in [0.25, 0.3) is 0 Å². The minimum atomic E-state index is 0.790. The second-order valence-electron chi connectivity index (χ2n) is 5.61. The molecule has 3 rings (SSSR count). The van der Waals surface area contributed by atoms with Crippen molar-refractivity contribution in [2.45, 2.75) is 39.2 Å². The highest BCUT2D eigenvalue weighted by Gasteiger charge is 2.18. The van der Waals surface area contributed by atoms with Gasteiger partial charge in [-0.1, -0.05) is 30.3 Å². The Labute approximate surface area is 134 Å². The highest BCUT2D eigenvalue weighted by atomic mass is 127. The standard InChI is InChI=1S/C17H20IN2/c1-13-16(18)17(15-10-6-3-7-11-15)19-20(13)12-14-8-4-2-5-9-14/h2-3,6-7,10-11,14H,4-5,8-9,12H2,1H3. The molecule has 1 heterocycles. The second-order valence-corrected chi connectivity index (χ2v) is 6.68. The predicted octanol–water partition coefficient (Wildman–Crippen LogP) is 4.86. The lowest BCUT2D eigenvalue weighted by molar-refractivity contribution is 0.337. The summed E-state index contributed by atoms with van der Waals surface area (Å²) < 4.78 is 3.51. The Morgan fingerprint density at radius 2 is 1.90 bits per heavy atom. The summed E-state index contributed by atoms with van der Waals surface area (Å²) in [5.74, 6) is 0.790. The maximum Gasteiger partial charge on any atom is 0.106 e. The third-order valence-corrected chi connectivity index (χ3v) is 5.46. The molecule has 1 saturated carbocycles. The first kappa shape index (κ1) is 14.1. The van der Waals surface area contributed by atoms with Gasteiger partial charge in [-0.25, -0.2) is 0 Å². The largest absolute Gasteiger partial charge is 0.268 e. The fraction of sp³-hybridized carbons (Fsp3) is 0.412. The van der Waals surface area contributed by atoms with Gasteiger partial charge >= 0.3 is 0 Å². The van der Waals surface area contributed by atoms with Gasteiger partial charge in [-0.2, -0.15) is 5.10 Å². The van der Waals surface area contributed by atoms with Crippen LogP contribution >= 0.6 is 22.6 Å².